The molecule has 0 spiro atoms. The van der Waals surface area contributed by atoms with E-state index in [1.807, 2.05) is 19.9 Å². The van der Waals surface area contributed by atoms with Gasteiger partial charge in [0.05, 0.1) is 12.2 Å². The number of benzene rings is 1. The normalized spacial score (nSPS) is 12.2. The van der Waals surface area contributed by atoms with Crippen molar-refractivity contribution >= 4 is 5.91 Å². The average Bonchev–Trinajstić information content (AvgIpc) is 3.14. The number of nitrogens with zero attached hydrogens (tertiary/aromatic N) is 4. The zero-order valence-corrected chi connectivity index (χ0v) is 14.7. The lowest BCUT2D eigenvalue weighted by molar-refractivity contribution is -0.122. The number of aryl methyl sites for hydroxylation is 1. The first-order valence-electron chi connectivity index (χ1n) is 8.14. The fraction of sp³-hybridized carbons (Fsp3) is 0.278. The van der Waals surface area contributed by atoms with Gasteiger partial charge in [-0.3, -0.25) is 9.48 Å². The van der Waals surface area contributed by atoms with Gasteiger partial charge in [-0.15, -0.1) is 0 Å². The van der Waals surface area contributed by atoms with Gasteiger partial charge in [-0.1, -0.05) is 0 Å². The number of amides is 1. The molecule has 8 heteroatoms. The first kappa shape index (κ1) is 17.8. The third kappa shape index (κ3) is 3.49. The second-order valence-corrected chi connectivity index (χ2v) is 6.11. The molecule has 3 rings (SSSR count). The highest BCUT2D eigenvalue weighted by Crippen LogP contribution is 2.22. The number of carbonyl (C=O) groups excluding carboxylic acids is 1. The van der Waals surface area contributed by atoms with E-state index in [9.17, 15) is 13.6 Å². The number of nitrogens with one attached hydrogen (secondary N) is 1. The van der Waals surface area contributed by atoms with Gasteiger partial charge in [0.1, 0.15) is 18.0 Å². The molecule has 0 radical (unpaired) electrons. The van der Waals surface area contributed by atoms with Gasteiger partial charge in [0.25, 0.3) is 0 Å². The van der Waals surface area contributed by atoms with E-state index in [4.69, 9.17) is 0 Å². The zero-order chi connectivity index (χ0) is 18.8. The van der Waals surface area contributed by atoms with Crippen LogP contribution in [0.25, 0.3) is 5.69 Å². The van der Waals surface area contributed by atoms with Gasteiger partial charge in [-0.05, 0) is 39.0 Å². The molecule has 0 bridgehead atoms. The molecule has 0 fully saturated rings. The van der Waals surface area contributed by atoms with Crippen LogP contribution in [0.15, 0.2) is 36.7 Å². The molecule has 2 aromatic heterocycles. The Kier molecular flexibility index (Phi) is 4.83. The Balaban J connectivity index is 1.76. The van der Waals surface area contributed by atoms with Crippen LogP contribution >= 0.6 is 0 Å². The molecule has 26 heavy (non-hydrogen) atoms. The summed E-state index contributed by atoms with van der Waals surface area (Å²) in [5.74, 6) is -1.54. The number of hydrogen-bond donors (Lipinski definition) is 1. The minimum Gasteiger partial charge on any atom is -0.348 e. The smallest absolute Gasteiger partial charge is 0.242 e. The van der Waals surface area contributed by atoms with Crippen molar-refractivity contribution in [1.82, 2.24) is 24.9 Å². The summed E-state index contributed by atoms with van der Waals surface area (Å²) in [6, 6.07) is 4.82. The molecule has 136 valence electrons. The van der Waals surface area contributed by atoms with Crippen LogP contribution in [0.4, 0.5) is 8.78 Å². The summed E-state index contributed by atoms with van der Waals surface area (Å²) in [5.41, 5.74) is 2.46. The van der Waals surface area contributed by atoms with E-state index in [2.05, 4.69) is 15.5 Å². The molecular formula is C18H19F2N5O. The van der Waals surface area contributed by atoms with Crippen LogP contribution in [0.5, 0.6) is 0 Å². The predicted molar refractivity (Wildman–Crippen MR) is 91.7 cm³/mol. The van der Waals surface area contributed by atoms with Crippen LogP contribution in [0.1, 0.15) is 29.9 Å². The predicted octanol–water partition coefficient (Wildman–Crippen LogP) is 2.84. The third-order valence-corrected chi connectivity index (χ3v) is 4.25. The molecule has 0 aliphatic rings. The van der Waals surface area contributed by atoms with Crippen LogP contribution in [0, 0.1) is 25.5 Å². The molecule has 2 heterocycles. The molecule has 1 atom stereocenters. The number of carbonyl (C=O) groups is 1. The second kappa shape index (κ2) is 7.07. The lowest BCUT2D eigenvalue weighted by Crippen LogP contribution is -2.31. The van der Waals surface area contributed by atoms with Crippen LogP contribution < -0.4 is 5.32 Å². The summed E-state index contributed by atoms with van der Waals surface area (Å²) < 4.78 is 30.1. The largest absolute Gasteiger partial charge is 0.348 e. The molecule has 0 saturated carbocycles. The van der Waals surface area contributed by atoms with E-state index in [-0.39, 0.29) is 24.2 Å². The number of aromatic nitrogens is 4. The Morgan fingerprint density at radius 2 is 2.00 bits per heavy atom. The summed E-state index contributed by atoms with van der Waals surface area (Å²) >= 11 is 0. The molecular weight excluding hydrogens is 340 g/mol. The van der Waals surface area contributed by atoms with Crippen LogP contribution in [0.2, 0.25) is 0 Å². The van der Waals surface area contributed by atoms with Crippen molar-refractivity contribution in [1.29, 1.82) is 0 Å². The van der Waals surface area contributed by atoms with Crippen molar-refractivity contribution in [3.05, 3.63) is 65.2 Å². The maximum atomic E-state index is 14.0. The third-order valence-electron chi connectivity index (χ3n) is 4.25. The average molecular weight is 359 g/mol. The molecule has 0 saturated heterocycles. The van der Waals surface area contributed by atoms with Crippen molar-refractivity contribution in [2.75, 3.05) is 0 Å². The number of halogens is 2. The van der Waals surface area contributed by atoms with Crippen LogP contribution in [-0.4, -0.2) is 25.5 Å². The van der Waals surface area contributed by atoms with Gasteiger partial charge in [-0.2, -0.15) is 10.2 Å². The summed E-state index contributed by atoms with van der Waals surface area (Å²) in [4.78, 5) is 12.2. The Morgan fingerprint density at radius 1 is 1.23 bits per heavy atom. The maximum Gasteiger partial charge on any atom is 0.242 e. The Hall–Kier alpha value is -3.03. The molecule has 6 nitrogen and oxygen atoms in total. The molecule has 1 N–H and O–H groups in total. The van der Waals surface area contributed by atoms with Crippen molar-refractivity contribution in [2.24, 2.45) is 0 Å². The van der Waals surface area contributed by atoms with Gasteiger partial charge in [0, 0.05) is 29.2 Å². The molecule has 3 aromatic rings. The molecule has 1 aromatic carbocycles. The van der Waals surface area contributed by atoms with E-state index in [1.54, 1.807) is 24.0 Å². The summed E-state index contributed by atoms with van der Waals surface area (Å²) in [6.45, 7) is 5.58. The van der Waals surface area contributed by atoms with Gasteiger partial charge >= 0.3 is 0 Å². The number of hydrogen-bond acceptors (Lipinski definition) is 3. The minimum atomic E-state index is -0.700. The maximum absolute atomic E-state index is 14.0. The van der Waals surface area contributed by atoms with E-state index >= 15 is 0 Å². The van der Waals surface area contributed by atoms with E-state index in [0.717, 1.165) is 17.3 Å². The highest BCUT2D eigenvalue weighted by atomic mass is 19.1. The fourth-order valence-corrected chi connectivity index (χ4v) is 2.81. The summed E-state index contributed by atoms with van der Waals surface area (Å²) in [5, 5.41) is 11.1. The van der Waals surface area contributed by atoms with Crippen molar-refractivity contribution in [2.45, 2.75) is 33.4 Å². The highest BCUT2D eigenvalue weighted by molar-refractivity contribution is 5.76. The topological polar surface area (TPSA) is 64.7 Å². The monoisotopic (exact) mass is 359 g/mol. The summed E-state index contributed by atoms with van der Waals surface area (Å²) in [6.07, 6.45) is 3.21. The van der Waals surface area contributed by atoms with Gasteiger partial charge in [0.2, 0.25) is 5.91 Å². The highest BCUT2D eigenvalue weighted by Gasteiger charge is 2.18. The lowest BCUT2D eigenvalue weighted by Gasteiger charge is -2.15. The van der Waals surface area contributed by atoms with Crippen molar-refractivity contribution in [3.8, 4) is 5.69 Å². The molecule has 1 unspecified atom stereocenters. The minimum absolute atomic E-state index is 0.114. The first-order chi connectivity index (χ1) is 12.4. The Morgan fingerprint density at radius 3 is 2.65 bits per heavy atom. The quantitative estimate of drug-likeness (QED) is 0.762. The fourth-order valence-electron chi connectivity index (χ4n) is 2.81. The Labute approximate surface area is 149 Å². The van der Waals surface area contributed by atoms with Crippen molar-refractivity contribution in [3.63, 3.8) is 0 Å². The van der Waals surface area contributed by atoms with Crippen LogP contribution in [-0.2, 0) is 11.3 Å². The standard InChI is InChI=1S/C18H19F2N5O/c1-11-6-7-21-24(11)10-18(26)23-12(2)15-9-22-25(13(15)3)17-5-4-14(19)8-16(17)20/h4-9,12H,10H2,1-3H3,(H,23,26). The second-order valence-electron chi connectivity index (χ2n) is 6.11. The van der Waals surface area contributed by atoms with Crippen molar-refractivity contribution < 1.29 is 13.6 Å². The Bertz CT molecular complexity index is 947. The lowest BCUT2D eigenvalue weighted by atomic mass is 10.1. The van der Waals surface area contributed by atoms with E-state index in [1.165, 1.54) is 16.8 Å². The zero-order valence-electron chi connectivity index (χ0n) is 14.7. The summed E-state index contributed by atoms with van der Waals surface area (Å²) in [7, 11) is 0. The number of rotatable bonds is 5. The van der Waals surface area contributed by atoms with Gasteiger partial charge in [-0.25, -0.2) is 13.5 Å². The molecule has 0 aliphatic carbocycles. The van der Waals surface area contributed by atoms with Gasteiger partial charge in [0.15, 0.2) is 5.82 Å². The molecule has 0 aliphatic heterocycles. The van der Waals surface area contributed by atoms with Gasteiger partial charge < -0.3 is 5.32 Å². The van der Waals surface area contributed by atoms with E-state index < -0.39 is 11.6 Å². The first-order valence-corrected chi connectivity index (χ1v) is 8.14. The molecule has 1 amide bonds. The van der Waals surface area contributed by atoms with Crippen LogP contribution in [0.3, 0.4) is 0 Å². The SMILES string of the molecule is Cc1ccnn1CC(=O)NC(C)c1cnn(-c2ccc(F)cc2F)c1C. The van der Waals surface area contributed by atoms with E-state index in [0.29, 0.717) is 5.69 Å².